The number of fused-ring (bicyclic) bond motifs is 1. The van der Waals surface area contributed by atoms with Gasteiger partial charge in [0.1, 0.15) is 18.0 Å². The molecular formula is C37H36F5N5O2. The molecule has 0 aliphatic heterocycles. The molecule has 2 aromatic heterocycles. The van der Waals surface area contributed by atoms with E-state index in [1.807, 2.05) is 26.0 Å². The van der Waals surface area contributed by atoms with Crippen LogP contribution < -0.4 is 5.56 Å². The highest BCUT2D eigenvalue weighted by Gasteiger charge is 2.30. The Balaban J connectivity index is 1.42. The third-order valence-electron chi connectivity index (χ3n) is 8.56. The van der Waals surface area contributed by atoms with E-state index in [9.17, 15) is 31.5 Å². The van der Waals surface area contributed by atoms with E-state index in [4.69, 9.17) is 0 Å². The van der Waals surface area contributed by atoms with Crippen molar-refractivity contribution in [3.63, 3.8) is 0 Å². The van der Waals surface area contributed by atoms with Gasteiger partial charge in [-0.3, -0.25) is 9.59 Å². The molecule has 12 heteroatoms. The first-order valence-electron chi connectivity index (χ1n) is 16.0. The molecule has 49 heavy (non-hydrogen) atoms. The van der Waals surface area contributed by atoms with Crippen LogP contribution in [0.3, 0.4) is 0 Å². The average molecular weight is 678 g/mol. The number of amides is 1. The summed E-state index contributed by atoms with van der Waals surface area (Å²) in [7, 11) is 0. The van der Waals surface area contributed by atoms with E-state index in [1.165, 1.54) is 30.5 Å². The number of alkyl halides is 3. The summed E-state index contributed by atoms with van der Waals surface area (Å²) in [6, 6.07) is 19.3. The topological polar surface area (TPSA) is 71.3 Å². The van der Waals surface area contributed by atoms with E-state index in [0.717, 1.165) is 42.4 Å². The molecule has 0 fully saturated rings. The maximum atomic E-state index is 14.5. The standard InChI is InChI=1S/C37H36F5N5O2/c1-3-45(4-2)21-22-46(23-25-10-12-26(13-11-25)27-14-17-29(18-15-27)37(40,41)42)33(48)24-47-32(19-16-28-7-5-9-31(38)34(28)39)44-36(49)30-8-6-20-43-35(30)47/h5-15,17-18,20H,3-4,16,19,21-24H2,1-2H3. The first-order valence-corrected chi connectivity index (χ1v) is 16.0. The largest absolute Gasteiger partial charge is 0.416 e. The van der Waals surface area contributed by atoms with E-state index in [0.29, 0.717) is 18.7 Å². The quantitative estimate of drug-likeness (QED) is 0.127. The van der Waals surface area contributed by atoms with E-state index >= 15 is 0 Å². The summed E-state index contributed by atoms with van der Waals surface area (Å²) in [6.07, 6.45) is -2.81. The molecule has 3 aromatic carbocycles. The van der Waals surface area contributed by atoms with Crippen LogP contribution in [0.4, 0.5) is 22.0 Å². The second-order valence-electron chi connectivity index (χ2n) is 11.6. The summed E-state index contributed by atoms with van der Waals surface area (Å²) in [4.78, 5) is 39.6. The van der Waals surface area contributed by atoms with Gasteiger partial charge < -0.3 is 14.4 Å². The van der Waals surface area contributed by atoms with Crippen LogP contribution in [0.2, 0.25) is 0 Å². The second kappa shape index (κ2) is 15.5. The number of hydrogen-bond acceptors (Lipinski definition) is 5. The number of aromatic nitrogens is 3. The number of carbonyl (C=O) groups excluding carboxylic acids is 1. The molecule has 0 aliphatic rings. The molecule has 5 rings (SSSR count). The van der Waals surface area contributed by atoms with Crippen LogP contribution in [0.1, 0.15) is 36.4 Å². The predicted molar refractivity (Wildman–Crippen MR) is 178 cm³/mol. The average Bonchev–Trinajstić information content (AvgIpc) is 3.10. The monoisotopic (exact) mass is 677 g/mol. The minimum absolute atomic E-state index is 0.0412. The third-order valence-corrected chi connectivity index (χ3v) is 8.56. The molecule has 0 saturated carbocycles. The van der Waals surface area contributed by atoms with Crippen molar-refractivity contribution in [1.82, 2.24) is 24.3 Å². The summed E-state index contributed by atoms with van der Waals surface area (Å²) in [5.41, 5.74) is 1.29. The molecule has 5 aromatic rings. The molecule has 0 atom stereocenters. The Morgan fingerprint density at radius 1 is 0.837 bits per heavy atom. The Labute approximate surface area is 280 Å². The number of halogens is 5. The smallest absolute Gasteiger partial charge is 0.336 e. The summed E-state index contributed by atoms with van der Waals surface area (Å²) in [6.45, 7) is 6.69. The van der Waals surface area contributed by atoms with Crippen molar-refractivity contribution in [3.05, 3.63) is 130 Å². The fraction of sp³-hybridized carbons (Fsp3) is 0.297. The van der Waals surface area contributed by atoms with Gasteiger partial charge in [0.15, 0.2) is 11.6 Å². The number of rotatable bonds is 13. The van der Waals surface area contributed by atoms with Gasteiger partial charge in [-0.25, -0.2) is 13.8 Å². The minimum Gasteiger partial charge on any atom is -0.336 e. The second-order valence-corrected chi connectivity index (χ2v) is 11.6. The zero-order valence-electron chi connectivity index (χ0n) is 27.2. The first kappa shape index (κ1) is 35.3. The molecule has 0 bridgehead atoms. The summed E-state index contributed by atoms with van der Waals surface area (Å²) in [5.74, 6) is -2.00. The zero-order chi connectivity index (χ0) is 35.1. The van der Waals surface area contributed by atoms with Crippen molar-refractivity contribution < 1.29 is 26.7 Å². The summed E-state index contributed by atoms with van der Waals surface area (Å²) in [5, 5.41) is 0.226. The van der Waals surface area contributed by atoms with Crippen molar-refractivity contribution >= 4 is 16.9 Å². The SMILES string of the molecule is CCN(CC)CCN(Cc1ccc(-c2ccc(C(F)(F)F)cc2)cc1)C(=O)Cn1c(CCc2cccc(F)c2F)nc(=O)c2cccnc21. The third kappa shape index (κ3) is 8.55. The Morgan fingerprint density at radius 3 is 2.16 bits per heavy atom. The molecule has 0 radical (unpaired) electrons. The number of likely N-dealkylation sites (N-methyl/N-ethyl adjacent to an activating group) is 1. The lowest BCUT2D eigenvalue weighted by atomic mass is 10.0. The number of hydrogen-bond donors (Lipinski definition) is 0. The Morgan fingerprint density at radius 2 is 1.51 bits per heavy atom. The van der Waals surface area contributed by atoms with Gasteiger partial charge in [0.25, 0.3) is 5.56 Å². The van der Waals surface area contributed by atoms with Crippen LogP contribution in [0.5, 0.6) is 0 Å². The van der Waals surface area contributed by atoms with E-state index in [-0.39, 0.29) is 54.3 Å². The molecule has 0 N–H and O–H groups in total. The number of benzene rings is 3. The maximum Gasteiger partial charge on any atom is 0.416 e. The van der Waals surface area contributed by atoms with Gasteiger partial charge in [0.2, 0.25) is 5.91 Å². The highest BCUT2D eigenvalue weighted by molar-refractivity contribution is 5.80. The molecule has 256 valence electrons. The highest BCUT2D eigenvalue weighted by atomic mass is 19.4. The lowest BCUT2D eigenvalue weighted by Gasteiger charge is -2.27. The molecule has 1 amide bonds. The fourth-order valence-electron chi connectivity index (χ4n) is 5.69. The van der Waals surface area contributed by atoms with Crippen molar-refractivity contribution in [3.8, 4) is 11.1 Å². The van der Waals surface area contributed by atoms with Gasteiger partial charge in [0.05, 0.1) is 10.9 Å². The van der Waals surface area contributed by atoms with Crippen LogP contribution in [-0.2, 0) is 36.9 Å². The zero-order valence-corrected chi connectivity index (χ0v) is 27.2. The maximum absolute atomic E-state index is 14.5. The van der Waals surface area contributed by atoms with Gasteiger partial charge in [0, 0.05) is 32.3 Å². The summed E-state index contributed by atoms with van der Waals surface area (Å²) < 4.78 is 69.0. The van der Waals surface area contributed by atoms with Gasteiger partial charge in [-0.15, -0.1) is 0 Å². The van der Waals surface area contributed by atoms with E-state index in [2.05, 4.69) is 14.9 Å². The van der Waals surface area contributed by atoms with Crippen molar-refractivity contribution in [1.29, 1.82) is 0 Å². The van der Waals surface area contributed by atoms with Crippen LogP contribution in [0.25, 0.3) is 22.2 Å². The van der Waals surface area contributed by atoms with Gasteiger partial charge in [-0.2, -0.15) is 18.2 Å². The Hall–Kier alpha value is -4.97. The minimum atomic E-state index is -4.42. The highest BCUT2D eigenvalue weighted by Crippen LogP contribution is 2.31. The number of nitrogens with zero attached hydrogens (tertiary/aromatic N) is 5. The molecule has 0 aliphatic carbocycles. The van der Waals surface area contributed by atoms with Crippen molar-refractivity contribution in [2.45, 2.75) is 46.0 Å². The first-order chi connectivity index (χ1) is 23.5. The number of carbonyl (C=O) groups is 1. The molecular weight excluding hydrogens is 641 g/mol. The normalized spacial score (nSPS) is 11.8. The molecule has 0 saturated heterocycles. The molecule has 0 unspecified atom stereocenters. The van der Waals surface area contributed by atoms with Crippen LogP contribution in [0, 0.1) is 11.6 Å². The van der Waals surface area contributed by atoms with E-state index < -0.39 is 28.9 Å². The van der Waals surface area contributed by atoms with Crippen LogP contribution in [-0.4, -0.2) is 56.4 Å². The predicted octanol–water partition coefficient (Wildman–Crippen LogP) is 6.91. The number of aryl methyl sites for hydroxylation is 2. The Bertz CT molecular complexity index is 1960. The fourth-order valence-corrected chi connectivity index (χ4v) is 5.69. The Kier molecular flexibility index (Phi) is 11.2. The molecule has 2 heterocycles. The molecule has 0 spiro atoms. The van der Waals surface area contributed by atoms with Crippen molar-refractivity contribution in [2.24, 2.45) is 0 Å². The van der Waals surface area contributed by atoms with Crippen LogP contribution >= 0.6 is 0 Å². The molecule has 7 nitrogen and oxygen atoms in total. The van der Waals surface area contributed by atoms with Gasteiger partial charge >= 0.3 is 6.18 Å². The van der Waals surface area contributed by atoms with Gasteiger partial charge in [-0.1, -0.05) is 62.4 Å². The summed E-state index contributed by atoms with van der Waals surface area (Å²) >= 11 is 0. The number of pyridine rings is 1. The van der Waals surface area contributed by atoms with E-state index in [1.54, 1.807) is 33.7 Å². The van der Waals surface area contributed by atoms with Crippen molar-refractivity contribution in [2.75, 3.05) is 26.2 Å². The van der Waals surface area contributed by atoms with Gasteiger partial charge in [-0.05, 0) is 72.1 Å². The van der Waals surface area contributed by atoms with Crippen LogP contribution in [0.15, 0.2) is 89.9 Å². The lowest BCUT2D eigenvalue weighted by Crippen LogP contribution is -2.40. The lowest BCUT2D eigenvalue weighted by molar-refractivity contribution is -0.137.